The third kappa shape index (κ3) is 2.00. The molecule has 0 amide bonds. The second kappa shape index (κ2) is 2.99. The van der Waals surface area contributed by atoms with Crippen LogP contribution < -0.4 is 4.74 Å². The Morgan fingerprint density at radius 3 is 2.60 bits per heavy atom. The monoisotopic (exact) mass is 206 g/mol. The molecule has 0 aliphatic carbocycles. The molecule has 2 rings (SSSR count). The molecule has 82 valence electrons. The number of ether oxygens (including phenoxy) is 1. The van der Waals surface area contributed by atoms with E-state index in [1.54, 1.807) is 13.8 Å². The Morgan fingerprint density at radius 2 is 2.00 bits per heavy atom. The van der Waals surface area contributed by atoms with Crippen LogP contribution in [0.4, 0.5) is 0 Å². The van der Waals surface area contributed by atoms with E-state index in [-0.39, 0.29) is 5.60 Å². The Morgan fingerprint density at radius 1 is 1.33 bits per heavy atom. The molecule has 0 saturated carbocycles. The first-order valence-corrected chi connectivity index (χ1v) is 5.33. The summed E-state index contributed by atoms with van der Waals surface area (Å²) in [5.41, 5.74) is 1.25. The molecule has 2 nitrogen and oxygen atoms in total. The Hall–Kier alpha value is -1.02. The Balaban J connectivity index is 2.39. The molecule has 1 heterocycles. The Bertz CT molecular complexity index is 386. The summed E-state index contributed by atoms with van der Waals surface area (Å²) in [5.74, 6) is 0.952. The highest BCUT2D eigenvalue weighted by molar-refractivity contribution is 5.43. The van der Waals surface area contributed by atoms with E-state index >= 15 is 0 Å². The number of hydrogen-bond acceptors (Lipinski definition) is 2. The molecule has 1 aliphatic heterocycles. The second-order valence-corrected chi connectivity index (χ2v) is 5.42. The van der Waals surface area contributed by atoms with E-state index in [2.05, 4.69) is 13.8 Å². The zero-order valence-electron chi connectivity index (χ0n) is 9.79. The first-order chi connectivity index (χ1) is 6.78. The molecule has 0 fully saturated rings. The maximum atomic E-state index is 9.91. The highest BCUT2D eigenvalue weighted by atomic mass is 16.5. The van der Waals surface area contributed by atoms with E-state index in [0.717, 1.165) is 17.7 Å². The molecule has 1 aromatic carbocycles. The summed E-state index contributed by atoms with van der Waals surface area (Å²) in [5, 5.41) is 9.91. The van der Waals surface area contributed by atoms with E-state index < -0.39 is 5.60 Å². The topological polar surface area (TPSA) is 29.5 Å². The maximum absolute atomic E-state index is 9.91. The zero-order chi connectivity index (χ0) is 11.3. The fraction of sp³-hybridized carbons (Fsp3) is 0.538. The highest BCUT2D eigenvalue weighted by Gasteiger charge is 2.31. The Labute approximate surface area is 90.9 Å². The predicted octanol–water partition coefficient (Wildman–Crippen LogP) is 2.63. The minimum atomic E-state index is -0.776. The van der Waals surface area contributed by atoms with Crippen LogP contribution in [0.15, 0.2) is 18.2 Å². The van der Waals surface area contributed by atoms with Gasteiger partial charge in [0, 0.05) is 6.42 Å². The minimum absolute atomic E-state index is 0.111. The summed E-state index contributed by atoms with van der Waals surface area (Å²) < 4.78 is 5.78. The molecule has 1 N–H and O–H groups in total. The summed E-state index contributed by atoms with van der Waals surface area (Å²) in [6, 6.07) is 5.93. The molecule has 0 bridgehead atoms. The lowest BCUT2D eigenvalue weighted by Crippen LogP contribution is -2.24. The fourth-order valence-corrected chi connectivity index (χ4v) is 1.99. The van der Waals surface area contributed by atoms with Crippen LogP contribution >= 0.6 is 0 Å². The lowest BCUT2D eigenvalue weighted by atomic mass is 9.94. The third-order valence-electron chi connectivity index (χ3n) is 2.77. The highest BCUT2D eigenvalue weighted by Crippen LogP contribution is 2.36. The first-order valence-electron chi connectivity index (χ1n) is 5.33. The van der Waals surface area contributed by atoms with Crippen LogP contribution in [-0.2, 0) is 12.0 Å². The molecule has 0 atom stereocenters. The van der Waals surface area contributed by atoms with Crippen LogP contribution in [0.2, 0.25) is 0 Å². The van der Waals surface area contributed by atoms with Gasteiger partial charge in [-0.1, -0.05) is 6.07 Å². The van der Waals surface area contributed by atoms with Gasteiger partial charge in [0.05, 0.1) is 5.60 Å². The third-order valence-corrected chi connectivity index (χ3v) is 2.77. The van der Waals surface area contributed by atoms with Gasteiger partial charge in [0.1, 0.15) is 11.4 Å². The Kier molecular flexibility index (Phi) is 2.09. The average Bonchev–Trinajstić information content (AvgIpc) is 2.34. The quantitative estimate of drug-likeness (QED) is 0.765. The van der Waals surface area contributed by atoms with Crippen LogP contribution in [0, 0.1) is 0 Å². The van der Waals surface area contributed by atoms with Crippen molar-refractivity contribution in [2.45, 2.75) is 45.3 Å². The molecule has 1 aromatic rings. The number of benzene rings is 1. The van der Waals surface area contributed by atoms with Crippen molar-refractivity contribution >= 4 is 0 Å². The molecule has 1 aliphatic rings. The standard InChI is InChI=1S/C13H18O2/c1-12(2)8-9-7-10(13(3,4)14)5-6-11(9)15-12/h5-7,14H,8H2,1-4H3. The van der Waals surface area contributed by atoms with Gasteiger partial charge >= 0.3 is 0 Å². The molecule has 2 heteroatoms. The normalized spacial score (nSPS) is 18.5. The van der Waals surface area contributed by atoms with Crippen molar-refractivity contribution in [1.29, 1.82) is 0 Å². The SMILES string of the molecule is CC1(C)Cc2cc(C(C)(C)O)ccc2O1. The lowest BCUT2D eigenvalue weighted by molar-refractivity contribution is 0.0785. The first kappa shape index (κ1) is 10.5. The van der Waals surface area contributed by atoms with Crippen molar-refractivity contribution in [3.63, 3.8) is 0 Å². The summed E-state index contributed by atoms with van der Waals surface area (Å²) in [4.78, 5) is 0. The molecule has 15 heavy (non-hydrogen) atoms. The van der Waals surface area contributed by atoms with E-state index in [1.165, 1.54) is 5.56 Å². The maximum Gasteiger partial charge on any atom is 0.123 e. The van der Waals surface area contributed by atoms with Crippen molar-refractivity contribution < 1.29 is 9.84 Å². The van der Waals surface area contributed by atoms with Gasteiger partial charge in [-0.15, -0.1) is 0 Å². The summed E-state index contributed by atoms with van der Waals surface area (Å²) in [6.45, 7) is 7.76. The molecule has 0 spiro atoms. The summed E-state index contributed by atoms with van der Waals surface area (Å²) in [6.07, 6.45) is 0.909. The van der Waals surface area contributed by atoms with Crippen LogP contribution in [0.25, 0.3) is 0 Å². The van der Waals surface area contributed by atoms with Crippen molar-refractivity contribution in [3.8, 4) is 5.75 Å². The second-order valence-electron chi connectivity index (χ2n) is 5.42. The fourth-order valence-electron chi connectivity index (χ4n) is 1.99. The van der Waals surface area contributed by atoms with Crippen molar-refractivity contribution in [1.82, 2.24) is 0 Å². The molecule has 0 aromatic heterocycles. The molecule has 0 saturated heterocycles. The van der Waals surface area contributed by atoms with Gasteiger partial charge in [-0.05, 0) is 51.0 Å². The van der Waals surface area contributed by atoms with Gasteiger partial charge in [0.25, 0.3) is 0 Å². The van der Waals surface area contributed by atoms with Gasteiger partial charge < -0.3 is 9.84 Å². The zero-order valence-corrected chi connectivity index (χ0v) is 9.79. The smallest absolute Gasteiger partial charge is 0.123 e. The van der Waals surface area contributed by atoms with Gasteiger partial charge in [0.15, 0.2) is 0 Å². The minimum Gasteiger partial charge on any atom is -0.487 e. The number of rotatable bonds is 1. The molecular formula is C13H18O2. The molecule has 0 unspecified atom stereocenters. The predicted molar refractivity (Wildman–Crippen MR) is 60.1 cm³/mol. The van der Waals surface area contributed by atoms with Crippen LogP contribution in [-0.4, -0.2) is 10.7 Å². The van der Waals surface area contributed by atoms with Crippen molar-refractivity contribution in [2.75, 3.05) is 0 Å². The van der Waals surface area contributed by atoms with E-state index in [1.807, 2.05) is 18.2 Å². The average molecular weight is 206 g/mol. The van der Waals surface area contributed by atoms with Crippen LogP contribution in [0.3, 0.4) is 0 Å². The van der Waals surface area contributed by atoms with Crippen LogP contribution in [0.5, 0.6) is 5.75 Å². The van der Waals surface area contributed by atoms with Crippen molar-refractivity contribution in [3.05, 3.63) is 29.3 Å². The van der Waals surface area contributed by atoms with Gasteiger partial charge in [0.2, 0.25) is 0 Å². The van der Waals surface area contributed by atoms with E-state index in [9.17, 15) is 5.11 Å². The summed E-state index contributed by atoms with van der Waals surface area (Å²) >= 11 is 0. The van der Waals surface area contributed by atoms with Crippen LogP contribution in [0.1, 0.15) is 38.8 Å². The number of aliphatic hydroxyl groups is 1. The van der Waals surface area contributed by atoms with Gasteiger partial charge in [-0.3, -0.25) is 0 Å². The number of hydrogen-bond donors (Lipinski definition) is 1. The van der Waals surface area contributed by atoms with Gasteiger partial charge in [-0.2, -0.15) is 0 Å². The molecular weight excluding hydrogens is 188 g/mol. The molecule has 0 radical (unpaired) electrons. The largest absolute Gasteiger partial charge is 0.487 e. The van der Waals surface area contributed by atoms with Gasteiger partial charge in [-0.25, -0.2) is 0 Å². The van der Waals surface area contributed by atoms with E-state index in [0.29, 0.717) is 0 Å². The van der Waals surface area contributed by atoms with E-state index in [4.69, 9.17) is 4.74 Å². The summed E-state index contributed by atoms with van der Waals surface area (Å²) in [7, 11) is 0. The lowest BCUT2D eigenvalue weighted by Gasteiger charge is -2.18. The van der Waals surface area contributed by atoms with Crippen molar-refractivity contribution in [2.24, 2.45) is 0 Å². The number of fused-ring (bicyclic) bond motifs is 1.